The van der Waals surface area contributed by atoms with Gasteiger partial charge in [-0.15, -0.1) is 0 Å². The highest BCUT2D eigenvalue weighted by molar-refractivity contribution is 8.00. The van der Waals surface area contributed by atoms with E-state index in [9.17, 15) is 4.79 Å². The van der Waals surface area contributed by atoms with Crippen molar-refractivity contribution in [3.63, 3.8) is 0 Å². The lowest BCUT2D eigenvalue weighted by Gasteiger charge is -2.19. The molecule has 1 N–H and O–H groups in total. The standard InChI is InChI=1S/C13H21N3O2S2/c1-6-14-9-7-10(16-12(15-9)19-5)20-8-11(17)18-13(2,3)4/h7H,6,8H2,1-5H3,(H,14,15,16). The quantitative estimate of drug-likeness (QED) is 0.374. The molecule has 5 nitrogen and oxygen atoms in total. The Balaban J connectivity index is 2.67. The Hall–Kier alpha value is -0.950. The van der Waals surface area contributed by atoms with Crippen LogP contribution in [-0.2, 0) is 9.53 Å². The van der Waals surface area contributed by atoms with Crippen LogP contribution in [0.15, 0.2) is 16.2 Å². The molecule has 0 aromatic carbocycles. The summed E-state index contributed by atoms with van der Waals surface area (Å²) in [6.07, 6.45) is 1.92. The molecule has 0 spiro atoms. The lowest BCUT2D eigenvalue weighted by Crippen LogP contribution is -2.24. The first-order valence-corrected chi connectivity index (χ1v) is 8.56. The SMILES string of the molecule is CCNc1cc(SCC(=O)OC(C)(C)C)nc(SC)n1. The van der Waals surface area contributed by atoms with Gasteiger partial charge in [0.15, 0.2) is 5.16 Å². The van der Waals surface area contributed by atoms with Gasteiger partial charge in [-0.2, -0.15) is 0 Å². The number of rotatable bonds is 6. The number of ether oxygens (including phenoxy) is 1. The highest BCUT2D eigenvalue weighted by Crippen LogP contribution is 2.22. The average Bonchev–Trinajstić information content (AvgIpc) is 2.34. The van der Waals surface area contributed by atoms with E-state index in [0.717, 1.165) is 17.4 Å². The van der Waals surface area contributed by atoms with Crippen molar-refractivity contribution in [3.8, 4) is 0 Å². The number of thioether (sulfide) groups is 2. The van der Waals surface area contributed by atoms with Crippen molar-refractivity contribution in [3.05, 3.63) is 6.07 Å². The molecule has 0 unspecified atom stereocenters. The maximum Gasteiger partial charge on any atom is 0.316 e. The van der Waals surface area contributed by atoms with E-state index in [1.165, 1.54) is 23.5 Å². The molecule has 1 aromatic heterocycles. The molecule has 0 saturated heterocycles. The highest BCUT2D eigenvalue weighted by atomic mass is 32.2. The van der Waals surface area contributed by atoms with Crippen molar-refractivity contribution < 1.29 is 9.53 Å². The first kappa shape index (κ1) is 17.1. The summed E-state index contributed by atoms with van der Waals surface area (Å²) in [5.41, 5.74) is -0.456. The Morgan fingerprint density at radius 1 is 1.40 bits per heavy atom. The molecule has 1 aromatic rings. The van der Waals surface area contributed by atoms with Crippen LogP contribution in [-0.4, -0.2) is 40.1 Å². The smallest absolute Gasteiger partial charge is 0.316 e. The molecule has 0 atom stereocenters. The van der Waals surface area contributed by atoms with Gasteiger partial charge in [-0.05, 0) is 34.0 Å². The fourth-order valence-electron chi connectivity index (χ4n) is 1.34. The summed E-state index contributed by atoms with van der Waals surface area (Å²) in [4.78, 5) is 20.4. The zero-order valence-corrected chi connectivity index (χ0v) is 14.2. The van der Waals surface area contributed by atoms with Crippen LogP contribution in [0.1, 0.15) is 27.7 Å². The Morgan fingerprint density at radius 3 is 2.65 bits per heavy atom. The first-order valence-electron chi connectivity index (χ1n) is 6.35. The van der Waals surface area contributed by atoms with E-state index in [1.54, 1.807) is 0 Å². The van der Waals surface area contributed by atoms with E-state index in [0.29, 0.717) is 5.16 Å². The number of carbonyl (C=O) groups excluding carboxylic acids is 1. The number of carbonyl (C=O) groups is 1. The third-order valence-electron chi connectivity index (χ3n) is 1.98. The number of hydrogen-bond acceptors (Lipinski definition) is 7. The van der Waals surface area contributed by atoms with Crippen LogP contribution in [0.4, 0.5) is 5.82 Å². The Bertz CT molecular complexity index is 461. The lowest BCUT2D eigenvalue weighted by atomic mass is 10.2. The van der Waals surface area contributed by atoms with Crippen molar-refractivity contribution in [2.75, 3.05) is 23.9 Å². The highest BCUT2D eigenvalue weighted by Gasteiger charge is 2.16. The number of esters is 1. The minimum atomic E-state index is -0.456. The predicted octanol–water partition coefficient (Wildman–Crippen LogP) is 3.06. The first-order chi connectivity index (χ1) is 9.34. The maximum absolute atomic E-state index is 11.7. The van der Waals surface area contributed by atoms with Crippen molar-refractivity contribution in [2.45, 2.75) is 43.5 Å². The molecule has 20 heavy (non-hydrogen) atoms. The van der Waals surface area contributed by atoms with Crippen LogP contribution in [0.2, 0.25) is 0 Å². The predicted molar refractivity (Wildman–Crippen MR) is 84.5 cm³/mol. The Labute approximate surface area is 128 Å². The van der Waals surface area contributed by atoms with Crippen molar-refractivity contribution in [1.82, 2.24) is 9.97 Å². The zero-order chi connectivity index (χ0) is 15.2. The minimum Gasteiger partial charge on any atom is -0.459 e. The topological polar surface area (TPSA) is 64.1 Å². The van der Waals surface area contributed by atoms with Crippen molar-refractivity contribution in [1.29, 1.82) is 0 Å². The van der Waals surface area contributed by atoms with E-state index in [1.807, 2.05) is 40.0 Å². The fraction of sp³-hybridized carbons (Fsp3) is 0.615. The van der Waals surface area contributed by atoms with E-state index in [-0.39, 0.29) is 11.7 Å². The molecule has 0 aliphatic rings. The maximum atomic E-state index is 11.7. The monoisotopic (exact) mass is 315 g/mol. The largest absolute Gasteiger partial charge is 0.459 e. The summed E-state index contributed by atoms with van der Waals surface area (Å²) in [7, 11) is 0. The molecular weight excluding hydrogens is 294 g/mol. The zero-order valence-electron chi connectivity index (χ0n) is 12.5. The molecule has 0 aliphatic carbocycles. The van der Waals surface area contributed by atoms with Gasteiger partial charge in [-0.1, -0.05) is 23.5 Å². The van der Waals surface area contributed by atoms with Crippen LogP contribution in [0.3, 0.4) is 0 Å². The number of hydrogen-bond donors (Lipinski definition) is 1. The summed E-state index contributed by atoms with van der Waals surface area (Å²) < 4.78 is 5.27. The second-order valence-corrected chi connectivity index (χ2v) is 6.75. The van der Waals surface area contributed by atoms with Gasteiger partial charge in [0.1, 0.15) is 16.4 Å². The molecule has 0 radical (unpaired) electrons. The number of anilines is 1. The summed E-state index contributed by atoms with van der Waals surface area (Å²) >= 11 is 2.84. The Morgan fingerprint density at radius 2 is 2.10 bits per heavy atom. The van der Waals surface area contributed by atoms with Gasteiger partial charge in [0.25, 0.3) is 0 Å². The van der Waals surface area contributed by atoms with Crippen LogP contribution in [0.5, 0.6) is 0 Å². The van der Waals surface area contributed by atoms with Gasteiger partial charge in [0.2, 0.25) is 0 Å². The van der Waals surface area contributed by atoms with Gasteiger partial charge in [0, 0.05) is 12.6 Å². The average molecular weight is 315 g/mol. The van der Waals surface area contributed by atoms with Crippen LogP contribution in [0.25, 0.3) is 0 Å². The van der Waals surface area contributed by atoms with E-state index >= 15 is 0 Å². The number of nitrogens with zero attached hydrogens (tertiary/aromatic N) is 2. The molecule has 7 heteroatoms. The minimum absolute atomic E-state index is 0.239. The number of nitrogens with one attached hydrogen (secondary N) is 1. The van der Waals surface area contributed by atoms with Crippen molar-refractivity contribution in [2.24, 2.45) is 0 Å². The second-order valence-electron chi connectivity index (χ2n) is 4.98. The lowest BCUT2D eigenvalue weighted by molar-refractivity contribution is -0.151. The summed E-state index contributed by atoms with van der Waals surface area (Å²) in [5, 5.41) is 4.61. The number of aromatic nitrogens is 2. The summed E-state index contributed by atoms with van der Waals surface area (Å²) in [6.45, 7) is 8.37. The van der Waals surface area contributed by atoms with Gasteiger partial charge < -0.3 is 10.1 Å². The Kier molecular flexibility index (Phi) is 6.61. The van der Waals surface area contributed by atoms with E-state index in [4.69, 9.17) is 4.74 Å². The fourth-order valence-corrected chi connectivity index (χ4v) is 2.45. The van der Waals surface area contributed by atoms with Crippen LogP contribution < -0.4 is 5.32 Å². The van der Waals surface area contributed by atoms with Gasteiger partial charge in [0.05, 0.1) is 5.75 Å². The van der Waals surface area contributed by atoms with Gasteiger partial charge in [-0.25, -0.2) is 9.97 Å². The molecular formula is C13H21N3O2S2. The molecule has 0 amide bonds. The molecule has 1 heterocycles. The molecule has 112 valence electrons. The van der Waals surface area contributed by atoms with Crippen LogP contribution in [0, 0.1) is 0 Å². The molecule has 0 bridgehead atoms. The second kappa shape index (κ2) is 7.73. The van der Waals surface area contributed by atoms with E-state index in [2.05, 4.69) is 15.3 Å². The van der Waals surface area contributed by atoms with Gasteiger partial charge >= 0.3 is 5.97 Å². The third kappa shape index (κ3) is 6.47. The summed E-state index contributed by atoms with van der Waals surface area (Å²) in [5.74, 6) is 0.781. The molecule has 0 fully saturated rings. The molecule has 0 saturated carbocycles. The third-order valence-corrected chi connectivity index (χ3v) is 3.41. The van der Waals surface area contributed by atoms with Gasteiger partial charge in [-0.3, -0.25) is 4.79 Å². The van der Waals surface area contributed by atoms with Crippen LogP contribution >= 0.6 is 23.5 Å². The van der Waals surface area contributed by atoms with E-state index < -0.39 is 5.60 Å². The molecule has 0 aliphatic heterocycles. The normalized spacial score (nSPS) is 11.2. The summed E-state index contributed by atoms with van der Waals surface area (Å²) in [6, 6.07) is 1.85. The van der Waals surface area contributed by atoms with Crippen molar-refractivity contribution >= 4 is 35.3 Å². The molecule has 1 rings (SSSR count).